The van der Waals surface area contributed by atoms with Crippen molar-refractivity contribution in [1.82, 2.24) is 9.97 Å². The van der Waals surface area contributed by atoms with Gasteiger partial charge in [-0.2, -0.15) is 26.3 Å². The van der Waals surface area contributed by atoms with Crippen LogP contribution in [0.2, 0.25) is 0 Å². The summed E-state index contributed by atoms with van der Waals surface area (Å²) in [5.41, 5.74) is -3.83. The zero-order valence-electron chi connectivity index (χ0n) is 14.2. The highest BCUT2D eigenvalue weighted by Crippen LogP contribution is 2.37. The molecular weight excluding hydrogens is 390 g/mol. The largest absolute Gasteiger partial charge is 0.416 e. The fourth-order valence-corrected chi connectivity index (χ4v) is 2.81. The number of benzene rings is 1. The second-order valence-electron chi connectivity index (χ2n) is 6.20. The number of hydrogen-bond donors (Lipinski definition) is 1. The lowest BCUT2D eigenvalue weighted by Gasteiger charge is -2.17. The minimum Gasteiger partial charge on any atom is -0.357 e. The Morgan fingerprint density at radius 3 is 2.00 bits per heavy atom. The number of anilines is 2. The third kappa shape index (κ3) is 4.52. The van der Waals surface area contributed by atoms with Crippen LogP contribution in [0.25, 0.3) is 0 Å². The number of carbonyl (C=O) groups excluding carboxylic acids is 1. The summed E-state index contributed by atoms with van der Waals surface area (Å²) in [5.74, 6) is -0.465. The molecule has 0 radical (unpaired) electrons. The second-order valence-corrected chi connectivity index (χ2v) is 6.20. The normalized spacial score (nSPS) is 15.0. The van der Waals surface area contributed by atoms with Gasteiger partial charge in [0, 0.05) is 24.8 Å². The van der Waals surface area contributed by atoms with E-state index < -0.39 is 35.1 Å². The number of amides is 1. The van der Waals surface area contributed by atoms with E-state index in [2.05, 4.69) is 15.3 Å². The van der Waals surface area contributed by atoms with Crippen molar-refractivity contribution in [1.29, 1.82) is 0 Å². The molecule has 0 atom stereocenters. The molecule has 2 heterocycles. The number of alkyl halides is 6. The first kappa shape index (κ1) is 19.9. The quantitative estimate of drug-likeness (QED) is 0.772. The Morgan fingerprint density at radius 2 is 1.46 bits per heavy atom. The maximum atomic E-state index is 12.9. The number of hydrogen-bond acceptors (Lipinski definition) is 4. The average Bonchev–Trinajstić information content (AvgIpc) is 3.15. The molecule has 1 fully saturated rings. The second kappa shape index (κ2) is 7.28. The molecule has 1 aliphatic rings. The molecule has 11 heteroatoms. The third-order valence-corrected chi connectivity index (χ3v) is 4.16. The van der Waals surface area contributed by atoms with Gasteiger partial charge in [-0.3, -0.25) is 4.79 Å². The van der Waals surface area contributed by atoms with Crippen molar-refractivity contribution in [3.05, 3.63) is 47.4 Å². The van der Waals surface area contributed by atoms with Crippen LogP contribution >= 0.6 is 0 Å². The molecule has 1 aromatic carbocycles. The topological polar surface area (TPSA) is 58.1 Å². The fourth-order valence-electron chi connectivity index (χ4n) is 2.81. The van der Waals surface area contributed by atoms with Crippen molar-refractivity contribution in [2.75, 3.05) is 23.3 Å². The van der Waals surface area contributed by atoms with E-state index in [0.717, 1.165) is 32.3 Å². The summed E-state index contributed by atoms with van der Waals surface area (Å²) in [7, 11) is 0. The Balaban J connectivity index is 1.88. The summed E-state index contributed by atoms with van der Waals surface area (Å²) in [6.45, 7) is 1.47. The predicted octanol–water partition coefficient (Wildman–Crippen LogP) is 4.37. The SMILES string of the molecule is O=C(Nc1cc(C(F)(F)F)cc(C(F)(F)F)c1)c1cc(N2CCCC2)ncn1. The van der Waals surface area contributed by atoms with E-state index in [1.54, 1.807) is 0 Å². The lowest BCUT2D eigenvalue weighted by molar-refractivity contribution is -0.143. The van der Waals surface area contributed by atoms with Gasteiger partial charge in [-0.1, -0.05) is 0 Å². The Morgan fingerprint density at radius 1 is 0.893 bits per heavy atom. The molecular formula is C17H14F6N4O. The van der Waals surface area contributed by atoms with Gasteiger partial charge in [0.1, 0.15) is 17.8 Å². The van der Waals surface area contributed by atoms with Crippen LogP contribution in [0.5, 0.6) is 0 Å². The Bertz CT molecular complexity index is 842. The molecule has 1 aromatic heterocycles. The van der Waals surface area contributed by atoms with E-state index in [4.69, 9.17) is 0 Å². The molecule has 1 saturated heterocycles. The lowest BCUT2D eigenvalue weighted by Crippen LogP contribution is -2.21. The molecule has 1 N–H and O–H groups in total. The zero-order valence-corrected chi connectivity index (χ0v) is 14.2. The molecule has 0 saturated carbocycles. The average molecular weight is 404 g/mol. The van der Waals surface area contributed by atoms with E-state index in [1.165, 1.54) is 6.07 Å². The highest BCUT2D eigenvalue weighted by molar-refractivity contribution is 6.03. The van der Waals surface area contributed by atoms with Crippen molar-refractivity contribution in [2.24, 2.45) is 0 Å². The summed E-state index contributed by atoms with van der Waals surface area (Å²) in [6, 6.07) is 2.22. The fraction of sp³-hybridized carbons (Fsp3) is 0.353. The van der Waals surface area contributed by atoms with Crippen molar-refractivity contribution < 1.29 is 31.1 Å². The van der Waals surface area contributed by atoms with Gasteiger partial charge in [-0.25, -0.2) is 9.97 Å². The summed E-state index contributed by atoms with van der Waals surface area (Å²) in [6.07, 6.45) is -6.97. The molecule has 150 valence electrons. The smallest absolute Gasteiger partial charge is 0.357 e. The molecule has 5 nitrogen and oxygen atoms in total. The number of carbonyl (C=O) groups is 1. The monoisotopic (exact) mass is 404 g/mol. The van der Waals surface area contributed by atoms with Crippen molar-refractivity contribution >= 4 is 17.4 Å². The molecule has 0 unspecified atom stereocenters. The van der Waals surface area contributed by atoms with Crippen LogP contribution < -0.4 is 10.2 Å². The van der Waals surface area contributed by atoms with E-state index in [-0.39, 0.29) is 11.8 Å². The third-order valence-electron chi connectivity index (χ3n) is 4.16. The molecule has 1 amide bonds. The molecule has 2 aromatic rings. The van der Waals surface area contributed by atoms with Crippen molar-refractivity contribution in [3.63, 3.8) is 0 Å². The minimum absolute atomic E-state index is 0.00811. The van der Waals surface area contributed by atoms with Gasteiger partial charge in [-0.15, -0.1) is 0 Å². The van der Waals surface area contributed by atoms with Crippen LogP contribution in [0.1, 0.15) is 34.5 Å². The summed E-state index contributed by atoms with van der Waals surface area (Å²) >= 11 is 0. The van der Waals surface area contributed by atoms with Gasteiger partial charge >= 0.3 is 12.4 Å². The molecule has 0 aliphatic carbocycles. The van der Waals surface area contributed by atoms with Crippen LogP contribution in [-0.4, -0.2) is 29.0 Å². The van der Waals surface area contributed by atoms with Crippen molar-refractivity contribution in [3.8, 4) is 0 Å². The van der Waals surface area contributed by atoms with Gasteiger partial charge in [0.15, 0.2) is 0 Å². The maximum absolute atomic E-state index is 12.9. The molecule has 0 spiro atoms. The van der Waals surface area contributed by atoms with Crippen LogP contribution in [0.3, 0.4) is 0 Å². The van der Waals surface area contributed by atoms with Gasteiger partial charge in [0.25, 0.3) is 5.91 Å². The lowest BCUT2D eigenvalue weighted by atomic mass is 10.1. The molecule has 28 heavy (non-hydrogen) atoms. The van der Waals surface area contributed by atoms with E-state index in [0.29, 0.717) is 18.0 Å². The summed E-state index contributed by atoms with van der Waals surface area (Å²) in [5, 5.41) is 2.05. The van der Waals surface area contributed by atoms with Crippen LogP contribution in [0, 0.1) is 0 Å². The number of rotatable bonds is 3. The van der Waals surface area contributed by atoms with Gasteiger partial charge in [-0.05, 0) is 31.0 Å². The number of nitrogens with one attached hydrogen (secondary N) is 1. The molecule has 3 rings (SSSR count). The minimum atomic E-state index is -5.00. The molecule has 0 bridgehead atoms. The Hall–Kier alpha value is -2.85. The van der Waals surface area contributed by atoms with E-state index >= 15 is 0 Å². The Kier molecular flexibility index (Phi) is 5.18. The predicted molar refractivity (Wildman–Crippen MR) is 87.9 cm³/mol. The first-order valence-corrected chi connectivity index (χ1v) is 8.22. The van der Waals surface area contributed by atoms with Gasteiger partial charge in [0.05, 0.1) is 11.1 Å². The van der Waals surface area contributed by atoms with Crippen LogP contribution in [0.15, 0.2) is 30.6 Å². The van der Waals surface area contributed by atoms with Gasteiger partial charge < -0.3 is 10.2 Å². The van der Waals surface area contributed by atoms with E-state index in [9.17, 15) is 31.1 Å². The van der Waals surface area contributed by atoms with E-state index in [1.807, 2.05) is 4.90 Å². The van der Waals surface area contributed by atoms with Crippen LogP contribution in [0.4, 0.5) is 37.8 Å². The van der Waals surface area contributed by atoms with Crippen LogP contribution in [-0.2, 0) is 12.4 Å². The number of halogens is 6. The number of nitrogens with zero attached hydrogens (tertiary/aromatic N) is 3. The standard InChI is InChI=1S/C17H14F6N4O/c18-16(19,20)10-5-11(17(21,22)23)7-12(6-10)26-15(28)13-8-14(25-9-24-13)27-3-1-2-4-27/h5-9H,1-4H2,(H,26,28). The highest BCUT2D eigenvalue weighted by Gasteiger charge is 2.37. The van der Waals surface area contributed by atoms with Gasteiger partial charge in [0.2, 0.25) is 0 Å². The summed E-state index contributed by atoms with van der Waals surface area (Å²) in [4.78, 5) is 22.0. The first-order chi connectivity index (χ1) is 13.0. The summed E-state index contributed by atoms with van der Waals surface area (Å²) < 4.78 is 77.5. The zero-order chi connectivity index (χ0) is 20.5. The highest BCUT2D eigenvalue weighted by atomic mass is 19.4. The molecule has 1 aliphatic heterocycles. The van der Waals surface area contributed by atoms with Crippen molar-refractivity contribution in [2.45, 2.75) is 25.2 Å². The Labute approximate surface area is 155 Å². The number of aromatic nitrogens is 2. The maximum Gasteiger partial charge on any atom is 0.416 e. The first-order valence-electron chi connectivity index (χ1n) is 8.22.